The lowest BCUT2D eigenvalue weighted by atomic mass is 9.90. The van der Waals surface area contributed by atoms with Crippen LogP contribution in [0.2, 0.25) is 0 Å². The van der Waals surface area contributed by atoms with Crippen LogP contribution in [0.1, 0.15) is 80.1 Å². The highest BCUT2D eigenvalue weighted by Gasteiger charge is 2.07. The van der Waals surface area contributed by atoms with E-state index in [2.05, 4.69) is 41.5 Å². The lowest BCUT2D eigenvalue weighted by Crippen LogP contribution is -2.02. The molecule has 0 aromatic rings. The zero-order chi connectivity index (χ0) is 12.6. The average molecular weight is 226 g/mol. The van der Waals surface area contributed by atoms with Crippen LogP contribution in [0.4, 0.5) is 0 Å². The molecule has 0 heteroatoms. The third-order valence-electron chi connectivity index (χ3n) is 3.39. The van der Waals surface area contributed by atoms with Crippen molar-refractivity contribution < 1.29 is 0 Å². The Hall–Kier alpha value is 0. The Labute approximate surface area is 104 Å². The fourth-order valence-electron chi connectivity index (χ4n) is 2.83. The van der Waals surface area contributed by atoms with Crippen molar-refractivity contribution >= 4 is 0 Å². The Kier molecular flexibility index (Phi) is 9.07. The van der Waals surface area contributed by atoms with Gasteiger partial charge >= 0.3 is 0 Å². The van der Waals surface area contributed by atoms with Crippen molar-refractivity contribution in [3.05, 3.63) is 0 Å². The van der Waals surface area contributed by atoms with Gasteiger partial charge in [0.15, 0.2) is 0 Å². The molecule has 98 valence electrons. The molecule has 0 heterocycles. The van der Waals surface area contributed by atoms with E-state index < -0.39 is 0 Å². The fraction of sp³-hybridized carbons (Fsp3) is 1.00. The highest BCUT2D eigenvalue weighted by atomic mass is 14.1. The Balaban J connectivity index is 3.38. The third-order valence-corrected chi connectivity index (χ3v) is 3.39. The van der Waals surface area contributed by atoms with Crippen LogP contribution in [0.25, 0.3) is 0 Å². The van der Waals surface area contributed by atoms with Crippen LogP contribution < -0.4 is 0 Å². The second kappa shape index (κ2) is 9.07. The molecule has 16 heavy (non-hydrogen) atoms. The van der Waals surface area contributed by atoms with Crippen LogP contribution in [0.5, 0.6) is 0 Å². The lowest BCUT2D eigenvalue weighted by molar-refractivity contribution is 0.369. The van der Waals surface area contributed by atoms with Crippen molar-refractivity contribution in [2.75, 3.05) is 0 Å². The molecule has 2 atom stereocenters. The summed E-state index contributed by atoms with van der Waals surface area (Å²) in [5.74, 6) is 3.60. The minimum absolute atomic E-state index is 0.870. The van der Waals surface area contributed by atoms with Crippen LogP contribution in [0.15, 0.2) is 0 Å². The third kappa shape index (κ3) is 10.5. The zero-order valence-corrected chi connectivity index (χ0v) is 12.6. The molecule has 2 unspecified atom stereocenters. The summed E-state index contributed by atoms with van der Waals surface area (Å²) >= 11 is 0. The van der Waals surface area contributed by atoms with Gasteiger partial charge in [-0.3, -0.25) is 0 Å². The minimum Gasteiger partial charge on any atom is -0.0628 e. The van der Waals surface area contributed by atoms with Gasteiger partial charge in [0.25, 0.3) is 0 Å². The van der Waals surface area contributed by atoms with E-state index in [4.69, 9.17) is 0 Å². The lowest BCUT2D eigenvalue weighted by Gasteiger charge is -2.16. The summed E-state index contributed by atoms with van der Waals surface area (Å²) in [6, 6.07) is 0. The highest BCUT2D eigenvalue weighted by molar-refractivity contribution is 4.60. The van der Waals surface area contributed by atoms with Crippen molar-refractivity contribution in [2.45, 2.75) is 80.1 Å². The van der Waals surface area contributed by atoms with E-state index in [1.54, 1.807) is 0 Å². The predicted molar refractivity (Wildman–Crippen MR) is 75.7 cm³/mol. The van der Waals surface area contributed by atoms with Crippen molar-refractivity contribution in [1.29, 1.82) is 0 Å². The molecular weight excluding hydrogens is 192 g/mol. The molecule has 0 bridgehead atoms. The first-order valence-corrected chi connectivity index (χ1v) is 7.41. The first-order chi connectivity index (χ1) is 7.41. The summed E-state index contributed by atoms with van der Waals surface area (Å²) in [4.78, 5) is 0. The number of hydrogen-bond donors (Lipinski definition) is 0. The van der Waals surface area contributed by atoms with E-state index in [-0.39, 0.29) is 0 Å². The van der Waals surface area contributed by atoms with Gasteiger partial charge in [-0.2, -0.15) is 0 Å². The van der Waals surface area contributed by atoms with E-state index >= 15 is 0 Å². The normalized spacial score (nSPS) is 15.8. The molecule has 0 aliphatic carbocycles. The van der Waals surface area contributed by atoms with Gasteiger partial charge in [-0.05, 0) is 36.5 Å². The van der Waals surface area contributed by atoms with Crippen LogP contribution in [-0.2, 0) is 0 Å². The number of unbranched alkanes of at least 4 members (excludes halogenated alkanes) is 1. The zero-order valence-electron chi connectivity index (χ0n) is 12.6. The molecule has 0 radical (unpaired) electrons. The molecule has 0 amide bonds. The number of hydrogen-bond acceptors (Lipinski definition) is 0. The minimum atomic E-state index is 0.870. The summed E-state index contributed by atoms with van der Waals surface area (Å²) in [6.07, 6.45) is 8.56. The quantitative estimate of drug-likeness (QED) is 0.429. The van der Waals surface area contributed by atoms with E-state index in [9.17, 15) is 0 Å². The molecule has 0 aromatic carbocycles. The van der Waals surface area contributed by atoms with Gasteiger partial charge in [-0.25, -0.2) is 0 Å². The Morgan fingerprint density at radius 3 is 1.12 bits per heavy atom. The summed E-state index contributed by atoms with van der Waals surface area (Å²) in [5, 5.41) is 0. The van der Waals surface area contributed by atoms with Gasteiger partial charge in [0.1, 0.15) is 0 Å². The molecule has 0 spiro atoms. The molecule has 0 aliphatic heterocycles. The topological polar surface area (TPSA) is 0 Å². The molecule has 0 nitrogen and oxygen atoms in total. The maximum atomic E-state index is 2.41. The van der Waals surface area contributed by atoms with Crippen molar-refractivity contribution in [3.8, 4) is 0 Å². The van der Waals surface area contributed by atoms with E-state index in [1.165, 1.54) is 38.5 Å². The standard InChI is InChI=1S/C16H34/c1-13(2)11-15(5)9-7-8-10-16(6)12-14(3)4/h13-16H,7-12H2,1-6H3. The smallest absolute Gasteiger partial charge is 0.0440 e. The second-order valence-corrected chi connectivity index (χ2v) is 6.75. The highest BCUT2D eigenvalue weighted by Crippen LogP contribution is 2.21. The van der Waals surface area contributed by atoms with Gasteiger partial charge in [0.05, 0.1) is 0 Å². The largest absolute Gasteiger partial charge is 0.0628 e. The molecule has 0 saturated carbocycles. The van der Waals surface area contributed by atoms with Gasteiger partial charge in [0, 0.05) is 0 Å². The van der Waals surface area contributed by atoms with Crippen LogP contribution in [-0.4, -0.2) is 0 Å². The van der Waals surface area contributed by atoms with E-state index in [1.807, 2.05) is 0 Å². The van der Waals surface area contributed by atoms with Gasteiger partial charge < -0.3 is 0 Å². The SMILES string of the molecule is CC(C)CC(C)CCCCC(C)CC(C)C. The number of rotatable bonds is 9. The van der Waals surface area contributed by atoms with Gasteiger partial charge in [0.2, 0.25) is 0 Å². The summed E-state index contributed by atoms with van der Waals surface area (Å²) in [5.41, 5.74) is 0. The van der Waals surface area contributed by atoms with Crippen LogP contribution in [0, 0.1) is 23.7 Å². The molecule has 0 aromatic heterocycles. The van der Waals surface area contributed by atoms with Crippen LogP contribution in [0.3, 0.4) is 0 Å². The molecule has 0 fully saturated rings. The Morgan fingerprint density at radius 1 is 0.562 bits per heavy atom. The fourth-order valence-corrected chi connectivity index (χ4v) is 2.83. The molecular formula is C16H34. The predicted octanol–water partition coefficient (Wildman–Crippen LogP) is 5.91. The summed E-state index contributed by atoms with van der Waals surface area (Å²) in [6.45, 7) is 14.2. The summed E-state index contributed by atoms with van der Waals surface area (Å²) in [7, 11) is 0. The van der Waals surface area contributed by atoms with E-state index in [0.717, 1.165) is 23.7 Å². The molecule has 0 N–H and O–H groups in total. The summed E-state index contributed by atoms with van der Waals surface area (Å²) < 4.78 is 0. The van der Waals surface area contributed by atoms with Crippen molar-refractivity contribution in [1.82, 2.24) is 0 Å². The monoisotopic (exact) mass is 226 g/mol. The molecule has 0 aliphatic rings. The maximum Gasteiger partial charge on any atom is -0.0440 e. The molecule has 0 rings (SSSR count). The average Bonchev–Trinajstić information content (AvgIpc) is 2.10. The Morgan fingerprint density at radius 2 is 0.875 bits per heavy atom. The molecule has 0 saturated heterocycles. The Bertz CT molecular complexity index is 128. The maximum absolute atomic E-state index is 2.41. The van der Waals surface area contributed by atoms with Crippen molar-refractivity contribution in [2.24, 2.45) is 23.7 Å². The first-order valence-electron chi connectivity index (χ1n) is 7.41. The van der Waals surface area contributed by atoms with Crippen molar-refractivity contribution in [3.63, 3.8) is 0 Å². The van der Waals surface area contributed by atoms with Crippen LogP contribution >= 0.6 is 0 Å². The first kappa shape index (κ1) is 16.0. The van der Waals surface area contributed by atoms with Gasteiger partial charge in [-0.15, -0.1) is 0 Å². The second-order valence-electron chi connectivity index (χ2n) is 6.75. The van der Waals surface area contributed by atoms with E-state index in [0.29, 0.717) is 0 Å². The van der Waals surface area contributed by atoms with Gasteiger partial charge in [-0.1, -0.05) is 67.2 Å².